The summed E-state index contributed by atoms with van der Waals surface area (Å²) >= 11 is 1.76. The second kappa shape index (κ2) is 8.30. The van der Waals surface area contributed by atoms with Crippen LogP contribution in [0, 0.1) is 11.3 Å². The highest BCUT2D eigenvalue weighted by Crippen LogP contribution is 2.29. The SMILES string of the molecule is COc1nccc(N2CCN(Cc3cccs3)[C@@H](CCO)C2)c1C#N. The number of thiophene rings is 1. The fourth-order valence-electron chi connectivity index (χ4n) is 3.30. The molecule has 0 saturated carbocycles. The number of aromatic nitrogens is 1. The van der Waals surface area contributed by atoms with Crippen molar-refractivity contribution in [2.24, 2.45) is 0 Å². The molecular formula is C18H22N4O2S. The summed E-state index contributed by atoms with van der Waals surface area (Å²) in [7, 11) is 1.53. The molecule has 6 nitrogen and oxygen atoms in total. The number of anilines is 1. The van der Waals surface area contributed by atoms with Gasteiger partial charge in [-0.25, -0.2) is 4.98 Å². The molecule has 0 spiro atoms. The number of methoxy groups -OCH3 is 1. The number of hydrogen-bond acceptors (Lipinski definition) is 7. The molecule has 0 aliphatic carbocycles. The maximum atomic E-state index is 9.51. The Morgan fingerprint density at radius 2 is 2.32 bits per heavy atom. The van der Waals surface area contributed by atoms with Gasteiger partial charge in [0.25, 0.3) is 0 Å². The van der Waals surface area contributed by atoms with Crippen LogP contribution < -0.4 is 9.64 Å². The molecule has 0 bridgehead atoms. The Labute approximate surface area is 151 Å². The number of rotatable bonds is 6. The van der Waals surface area contributed by atoms with Crippen molar-refractivity contribution in [2.75, 3.05) is 38.3 Å². The van der Waals surface area contributed by atoms with Crippen LogP contribution in [0.25, 0.3) is 0 Å². The van der Waals surface area contributed by atoms with Crippen molar-refractivity contribution in [3.8, 4) is 11.9 Å². The molecule has 0 unspecified atom stereocenters. The first kappa shape index (κ1) is 17.7. The number of piperazine rings is 1. The van der Waals surface area contributed by atoms with Gasteiger partial charge in [-0.05, 0) is 23.9 Å². The fraction of sp³-hybridized carbons (Fsp3) is 0.444. The van der Waals surface area contributed by atoms with E-state index in [9.17, 15) is 10.4 Å². The van der Waals surface area contributed by atoms with E-state index in [2.05, 4.69) is 38.4 Å². The summed E-state index contributed by atoms with van der Waals surface area (Å²) in [4.78, 5) is 10.1. The Morgan fingerprint density at radius 3 is 3.00 bits per heavy atom. The summed E-state index contributed by atoms with van der Waals surface area (Å²) in [6.07, 6.45) is 2.39. The number of aliphatic hydroxyl groups excluding tert-OH is 1. The number of nitrogens with zero attached hydrogens (tertiary/aromatic N) is 4. The summed E-state index contributed by atoms with van der Waals surface area (Å²) in [6.45, 7) is 3.55. The normalized spacial score (nSPS) is 18.1. The predicted octanol–water partition coefficient (Wildman–Crippen LogP) is 2.10. The van der Waals surface area contributed by atoms with E-state index in [0.29, 0.717) is 17.9 Å². The van der Waals surface area contributed by atoms with Crippen molar-refractivity contribution in [1.29, 1.82) is 5.26 Å². The number of nitriles is 1. The van der Waals surface area contributed by atoms with Gasteiger partial charge < -0.3 is 14.7 Å². The average Bonchev–Trinajstić information content (AvgIpc) is 3.15. The lowest BCUT2D eigenvalue weighted by Crippen LogP contribution is -2.53. The van der Waals surface area contributed by atoms with Gasteiger partial charge >= 0.3 is 0 Å². The molecule has 1 fully saturated rings. The third-order valence-corrected chi connectivity index (χ3v) is 5.41. The van der Waals surface area contributed by atoms with Crippen LogP contribution in [-0.4, -0.2) is 54.4 Å². The highest BCUT2D eigenvalue weighted by atomic mass is 32.1. The van der Waals surface area contributed by atoms with Crippen LogP contribution in [0.3, 0.4) is 0 Å². The third-order valence-electron chi connectivity index (χ3n) is 4.55. The van der Waals surface area contributed by atoms with Crippen LogP contribution in [0.4, 0.5) is 5.69 Å². The van der Waals surface area contributed by atoms with Crippen LogP contribution in [0.15, 0.2) is 29.8 Å². The van der Waals surface area contributed by atoms with Crippen molar-refractivity contribution >= 4 is 17.0 Å². The zero-order valence-electron chi connectivity index (χ0n) is 14.3. The van der Waals surface area contributed by atoms with E-state index in [1.165, 1.54) is 12.0 Å². The van der Waals surface area contributed by atoms with Gasteiger partial charge in [0.1, 0.15) is 11.6 Å². The molecule has 1 N–H and O–H groups in total. The Morgan fingerprint density at radius 1 is 1.44 bits per heavy atom. The Bertz CT molecular complexity index is 729. The molecule has 2 aromatic rings. The Kier molecular flexibility index (Phi) is 5.87. The highest BCUT2D eigenvalue weighted by Gasteiger charge is 2.29. The fourth-order valence-corrected chi connectivity index (χ4v) is 4.03. The molecule has 1 aliphatic rings. The number of hydrogen-bond donors (Lipinski definition) is 1. The molecule has 2 aromatic heterocycles. The van der Waals surface area contributed by atoms with E-state index in [0.717, 1.165) is 31.9 Å². The smallest absolute Gasteiger partial charge is 0.233 e. The van der Waals surface area contributed by atoms with Gasteiger partial charge in [0.15, 0.2) is 0 Å². The molecule has 0 amide bonds. The molecule has 0 aromatic carbocycles. The average molecular weight is 358 g/mol. The first-order valence-electron chi connectivity index (χ1n) is 8.32. The molecule has 132 valence electrons. The van der Waals surface area contributed by atoms with Gasteiger partial charge in [-0.2, -0.15) is 5.26 Å². The van der Waals surface area contributed by atoms with Gasteiger partial charge in [-0.1, -0.05) is 6.07 Å². The Hall–Kier alpha value is -2.14. The van der Waals surface area contributed by atoms with Crippen LogP contribution in [0.1, 0.15) is 16.9 Å². The summed E-state index contributed by atoms with van der Waals surface area (Å²) < 4.78 is 5.22. The van der Waals surface area contributed by atoms with Crippen molar-refractivity contribution in [1.82, 2.24) is 9.88 Å². The van der Waals surface area contributed by atoms with Crippen LogP contribution in [0.5, 0.6) is 5.88 Å². The molecule has 3 rings (SSSR count). The van der Waals surface area contributed by atoms with Crippen molar-refractivity contribution in [3.63, 3.8) is 0 Å². The first-order chi connectivity index (χ1) is 12.3. The van der Waals surface area contributed by atoms with E-state index in [1.54, 1.807) is 17.5 Å². The van der Waals surface area contributed by atoms with E-state index in [1.807, 2.05) is 6.07 Å². The number of pyridine rings is 1. The lowest BCUT2D eigenvalue weighted by Gasteiger charge is -2.42. The number of aliphatic hydroxyl groups is 1. The zero-order chi connectivity index (χ0) is 17.6. The molecule has 25 heavy (non-hydrogen) atoms. The molecule has 1 aliphatic heterocycles. The van der Waals surface area contributed by atoms with E-state index in [-0.39, 0.29) is 12.6 Å². The van der Waals surface area contributed by atoms with Crippen LogP contribution >= 0.6 is 11.3 Å². The zero-order valence-corrected chi connectivity index (χ0v) is 15.1. The van der Waals surface area contributed by atoms with Crippen molar-refractivity contribution in [2.45, 2.75) is 19.0 Å². The van der Waals surface area contributed by atoms with Gasteiger partial charge in [0.05, 0.1) is 12.8 Å². The number of ether oxygens (including phenoxy) is 1. The Balaban J connectivity index is 1.79. The quantitative estimate of drug-likeness (QED) is 0.853. The van der Waals surface area contributed by atoms with Gasteiger partial charge in [-0.3, -0.25) is 4.90 Å². The summed E-state index contributed by atoms with van der Waals surface area (Å²) in [5.74, 6) is 0.361. The lowest BCUT2D eigenvalue weighted by atomic mass is 10.1. The molecule has 0 radical (unpaired) electrons. The van der Waals surface area contributed by atoms with Crippen LogP contribution in [-0.2, 0) is 6.54 Å². The second-order valence-electron chi connectivity index (χ2n) is 5.99. The minimum absolute atomic E-state index is 0.157. The van der Waals surface area contributed by atoms with Crippen molar-refractivity contribution in [3.05, 3.63) is 40.2 Å². The third kappa shape index (κ3) is 3.93. The minimum Gasteiger partial charge on any atom is -0.480 e. The molecular weight excluding hydrogens is 336 g/mol. The largest absolute Gasteiger partial charge is 0.480 e. The minimum atomic E-state index is 0.157. The standard InChI is InChI=1S/C18H22N4O2S/c1-24-18-16(11-19)17(4-6-20-18)22-8-7-21(14(12-22)5-9-23)13-15-3-2-10-25-15/h2-4,6,10,14,23H,5,7-9,12-13H2,1H3/t14-/m0/s1. The van der Waals surface area contributed by atoms with Gasteiger partial charge in [0, 0.05) is 49.9 Å². The monoisotopic (exact) mass is 358 g/mol. The molecule has 7 heteroatoms. The maximum absolute atomic E-state index is 9.51. The second-order valence-corrected chi connectivity index (χ2v) is 7.02. The first-order valence-corrected chi connectivity index (χ1v) is 9.20. The van der Waals surface area contributed by atoms with Crippen LogP contribution in [0.2, 0.25) is 0 Å². The predicted molar refractivity (Wildman–Crippen MR) is 97.9 cm³/mol. The summed E-state index contributed by atoms with van der Waals surface area (Å²) in [6, 6.07) is 8.54. The highest BCUT2D eigenvalue weighted by molar-refractivity contribution is 7.09. The van der Waals surface area contributed by atoms with E-state index in [4.69, 9.17) is 4.74 Å². The summed E-state index contributed by atoms with van der Waals surface area (Å²) in [5.41, 5.74) is 1.33. The van der Waals surface area contributed by atoms with E-state index < -0.39 is 0 Å². The summed E-state index contributed by atoms with van der Waals surface area (Å²) in [5, 5.41) is 21.1. The maximum Gasteiger partial charge on any atom is 0.233 e. The van der Waals surface area contributed by atoms with Gasteiger partial charge in [0.2, 0.25) is 5.88 Å². The van der Waals surface area contributed by atoms with E-state index >= 15 is 0 Å². The molecule has 3 heterocycles. The molecule has 1 saturated heterocycles. The topological polar surface area (TPSA) is 72.6 Å². The molecule has 1 atom stereocenters. The lowest BCUT2D eigenvalue weighted by molar-refractivity contribution is 0.136. The van der Waals surface area contributed by atoms with Crippen molar-refractivity contribution < 1.29 is 9.84 Å². The van der Waals surface area contributed by atoms with Gasteiger partial charge in [-0.15, -0.1) is 11.3 Å².